The number of carbonyl (C=O) groups excluding carboxylic acids is 1. The van der Waals surface area contributed by atoms with E-state index in [4.69, 9.17) is 5.84 Å². The first-order valence-corrected chi connectivity index (χ1v) is 6.92. The molecule has 2 atom stereocenters. The number of nitrogens with one attached hydrogen (secondary N) is 1. The highest BCUT2D eigenvalue weighted by atomic mass is 32.2. The fourth-order valence-corrected chi connectivity index (χ4v) is 3.44. The van der Waals surface area contributed by atoms with Crippen LogP contribution in [0.2, 0.25) is 0 Å². The van der Waals surface area contributed by atoms with E-state index in [0.29, 0.717) is 21.9 Å². The van der Waals surface area contributed by atoms with Crippen molar-refractivity contribution in [3.8, 4) is 0 Å². The van der Waals surface area contributed by atoms with Crippen LogP contribution in [-0.4, -0.2) is 39.4 Å². The van der Waals surface area contributed by atoms with Crippen molar-refractivity contribution in [1.82, 2.24) is 9.88 Å². The van der Waals surface area contributed by atoms with E-state index in [1.165, 1.54) is 0 Å². The molecule has 1 aliphatic heterocycles. The number of anilines is 1. The molecule has 98 valence electrons. The quantitative estimate of drug-likeness (QED) is 0.624. The van der Waals surface area contributed by atoms with Gasteiger partial charge in [0.2, 0.25) is 0 Å². The highest BCUT2D eigenvalue weighted by Gasteiger charge is 2.26. The second-order valence-electron chi connectivity index (χ2n) is 4.54. The van der Waals surface area contributed by atoms with Gasteiger partial charge in [-0.3, -0.25) is 10.6 Å². The molecule has 1 amide bonds. The first-order chi connectivity index (χ1) is 8.60. The van der Waals surface area contributed by atoms with Crippen LogP contribution in [0.1, 0.15) is 24.3 Å². The summed E-state index contributed by atoms with van der Waals surface area (Å²) in [7, 11) is 0. The molecule has 2 heterocycles. The van der Waals surface area contributed by atoms with E-state index < -0.39 is 0 Å². The van der Waals surface area contributed by atoms with Crippen LogP contribution in [-0.2, 0) is 0 Å². The molecule has 1 aliphatic rings. The second-order valence-corrected chi connectivity index (χ2v) is 6.43. The summed E-state index contributed by atoms with van der Waals surface area (Å²) in [6, 6.07) is 3.46. The largest absolute Gasteiger partial charge is 0.335 e. The van der Waals surface area contributed by atoms with Crippen LogP contribution in [0, 0.1) is 0 Å². The topological polar surface area (TPSA) is 71.2 Å². The molecular formula is C12H18N4OS. The van der Waals surface area contributed by atoms with Crippen LogP contribution in [0.15, 0.2) is 18.3 Å². The third-order valence-electron chi connectivity index (χ3n) is 2.86. The Kier molecular flexibility index (Phi) is 4.08. The molecule has 6 heteroatoms. The van der Waals surface area contributed by atoms with E-state index in [0.717, 1.165) is 13.1 Å². The van der Waals surface area contributed by atoms with E-state index in [1.807, 2.05) is 16.7 Å². The average Bonchev–Trinajstić information content (AvgIpc) is 2.37. The summed E-state index contributed by atoms with van der Waals surface area (Å²) in [4.78, 5) is 18.3. The number of nitrogens with zero attached hydrogens (tertiary/aromatic N) is 2. The third kappa shape index (κ3) is 2.94. The Morgan fingerprint density at radius 3 is 2.61 bits per heavy atom. The molecule has 5 nitrogen and oxygen atoms in total. The lowest BCUT2D eigenvalue weighted by Gasteiger charge is -2.34. The molecule has 0 aliphatic carbocycles. The summed E-state index contributed by atoms with van der Waals surface area (Å²) in [5, 5.41) is 0.949. The first kappa shape index (κ1) is 13.2. The lowest BCUT2D eigenvalue weighted by molar-refractivity contribution is 0.0747. The van der Waals surface area contributed by atoms with Crippen molar-refractivity contribution in [1.29, 1.82) is 0 Å². The average molecular weight is 266 g/mol. The third-order valence-corrected chi connectivity index (χ3v) is 4.08. The Labute approximate surface area is 111 Å². The zero-order valence-corrected chi connectivity index (χ0v) is 11.4. The zero-order chi connectivity index (χ0) is 13.1. The number of hydrogen-bond donors (Lipinski definition) is 2. The number of nitrogen functional groups attached to an aromatic ring is 1. The van der Waals surface area contributed by atoms with Crippen molar-refractivity contribution in [3.63, 3.8) is 0 Å². The lowest BCUT2D eigenvalue weighted by atomic mass is 10.2. The fourth-order valence-electron chi connectivity index (χ4n) is 2.11. The molecule has 18 heavy (non-hydrogen) atoms. The van der Waals surface area contributed by atoms with Crippen molar-refractivity contribution < 1.29 is 4.79 Å². The van der Waals surface area contributed by atoms with E-state index in [1.54, 1.807) is 18.3 Å². The van der Waals surface area contributed by atoms with Crippen molar-refractivity contribution in [3.05, 3.63) is 24.0 Å². The monoisotopic (exact) mass is 266 g/mol. The van der Waals surface area contributed by atoms with Crippen LogP contribution in [0.3, 0.4) is 0 Å². The van der Waals surface area contributed by atoms with Crippen molar-refractivity contribution >= 4 is 23.4 Å². The smallest absolute Gasteiger partial charge is 0.272 e. The molecule has 0 saturated carbocycles. The molecule has 0 aromatic carbocycles. The van der Waals surface area contributed by atoms with Gasteiger partial charge >= 0.3 is 0 Å². The molecule has 3 N–H and O–H groups in total. The standard InChI is InChI=1S/C12H18N4OS/c1-8-6-16(7-9(2)18-8)12(17)11-4-3-10(15-13)5-14-11/h3-5,8-9,15H,6-7,13H2,1-2H3. The molecule has 0 radical (unpaired) electrons. The predicted octanol–water partition coefficient (Wildman–Crippen LogP) is 1.33. The number of aromatic nitrogens is 1. The van der Waals surface area contributed by atoms with Gasteiger partial charge in [0.1, 0.15) is 5.69 Å². The van der Waals surface area contributed by atoms with Gasteiger partial charge in [-0.2, -0.15) is 11.8 Å². The van der Waals surface area contributed by atoms with E-state index in [9.17, 15) is 4.79 Å². The number of pyridine rings is 1. The number of carbonyl (C=O) groups is 1. The van der Waals surface area contributed by atoms with Crippen LogP contribution in [0.25, 0.3) is 0 Å². The molecule has 0 bridgehead atoms. The molecule has 0 spiro atoms. The van der Waals surface area contributed by atoms with Crippen LogP contribution < -0.4 is 11.3 Å². The van der Waals surface area contributed by atoms with E-state index in [-0.39, 0.29) is 5.91 Å². The summed E-state index contributed by atoms with van der Waals surface area (Å²) >= 11 is 1.92. The number of hydrogen-bond acceptors (Lipinski definition) is 5. The SMILES string of the molecule is CC1CN(C(=O)c2ccc(NN)cn2)CC(C)S1. The van der Waals surface area contributed by atoms with Gasteiger partial charge in [-0.05, 0) is 12.1 Å². The summed E-state index contributed by atoms with van der Waals surface area (Å²) in [5.41, 5.74) is 3.67. The van der Waals surface area contributed by atoms with E-state index >= 15 is 0 Å². The minimum absolute atomic E-state index is 0.00225. The molecule has 1 aromatic rings. The maximum absolute atomic E-state index is 12.3. The van der Waals surface area contributed by atoms with Crippen molar-refractivity contribution in [2.24, 2.45) is 5.84 Å². The molecule has 1 saturated heterocycles. The first-order valence-electron chi connectivity index (χ1n) is 5.97. The van der Waals surface area contributed by atoms with Gasteiger partial charge in [0, 0.05) is 23.6 Å². The minimum atomic E-state index is -0.00225. The minimum Gasteiger partial charge on any atom is -0.335 e. The van der Waals surface area contributed by atoms with Gasteiger partial charge in [0.15, 0.2) is 0 Å². The summed E-state index contributed by atoms with van der Waals surface area (Å²) < 4.78 is 0. The summed E-state index contributed by atoms with van der Waals surface area (Å²) in [5.74, 6) is 5.26. The van der Waals surface area contributed by atoms with Crippen LogP contribution >= 0.6 is 11.8 Å². The van der Waals surface area contributed by atoms with Gasteiger partial charge in [-0.25, -0.2) is 4.98 Å². The highest BCUT2D eigenvalue weighted by Crippen LogP contribution is 2.25. The molecule has 2 rings (SSSR count). The normalized spacial score (nSPS) is 23.8. The van der Waals surface area contributed by atoms with E-state index in [2.05, 4.69) is 24.3 Å². The molecule has 1 fully saturated rings. The molecule has 2 unspecified atom stereocenters. The van der Waals surface area contributed by atoms with Crippen LogP contribution in [0.4, 0.5) is 5.69 Å². The maximum Gasteiger partial charge on any atom is 0.272 e. The maximum atomic E-state index is 12.3. The number of thioether (sulfide) groups is 1. The van der Waals surface area contributed by atoms with Crippen molar-refractivity contribution in [2.75, 3.05) is 18.5 Å². The number of amides is 1. The highest BCUT2D eigenvalue weighted by molar-refractivity contribution is 8.00. The van der Waals surface area contributed by atoms with Gasteiger partial charge in [0.05, 0.1) is 11.9 Å². The van der Waals surface area contributed by atoms with Crippen molar-refractivity contribution in [2.45, 2.75) is 24.3 Å². The lowest BCUT2D eigenvalue weighted by Crippen LogP contribution is -2.44. The second kappa shape index (κ2) is 5.58. The van der Waals surface area contributed by atoms with Gasteiger partial charge in [-0.15, -0.1) is 0 Å². The Balaban J connectivity index is 2.09. The Morgan fingerprint density at radius 2 is 2.11 bits per heavy atom. The Bertz CT molecular complexity index is 413. The Morgan fingerprint density at radius 1 is 1.44 bits per heavy atom. The van der Waals surface area contributed by atoms with Gasteiger partial charge in [-0.1, -0.05) is 13.8 Å². The number of rotatable bonds is 2. The molecular weight excluding hydrogens is 248 g/mol. The molecule has 1 aromatic heterocycles. The zero-order valence-electron chi connectivity index (χ0n) is 10.6. The summed E-state index contributed by atoms with van der Waals surface area (Å²) in [6.45, 7) is 5.86. The van der Waals surface area contributed by atoms with Gasteiger partial charge in [0.25, 0.3) is 5.91 Å². The summed E-state index contributed by atoms with van der Waals surface area (Å²) in [6.07, 6.45) is 1.57. The van der Waals surface area contributed by atoms with Gasteiger partial charge < -0.3 is 10.3 Å². The number of hydrazine groups is 1. The van der Waals surface area contributed by atoms with Crippen LogP contribution in [0.5, 0.6) is 0 Å². The predicted molar refractivity (Wildman–Crippen MR) is 74.5 cm³/mol. The number of nitrogens with two attached hydrogens (primary N) is 1. The fraction of sp³-hybridized carbons (Fsp3) is 0.500. The Hall–Kier alpha value is -1.27.